The Morgan fingerprint density at radius 3 is 3.00 bits per heavy atom. The summed E-state index contributed by atoms with van der Waals surface area (Å²) in [6.45, 7) is 2.78. The summed E-state index contributed by atoms with van der Waals surface area (Å²) in [5.41, 5.74) is 2.21. The molecule has 0 atom stereocenters. The number of hydrogen-bond acceptors (Lipinski definition) is 4. The highest BCUT2D eigenvalue weighted by molar-refractivity contribution is 7.12. The van der Waals surface area contributed by atoms with E-state index in [0.29, 0.717) is 0 Å². The van der Waals surface area contributed by atoms with Crippen molar-refractivity contribution < 1.29 is 0 Å². The zero-order valence-electron chi connectivity index (χ0n) is 8.90. The number of thiophene rings is 1. The third-order valence-corrected chi connectivity index (χ3v) is 3.25. The Balaban J connectivity index is 2.03. The lowest BCUT2D eigenvalue weighted by Gasteiger charge is -2.06. The molecule has 0 aliphatic heterocycles. The maximum Gasteiger partial charge on any atom is 0.110 e. The highest BCUT2D eigenvalue weighted by Gasteiger charge is 2.00. The van der Waals surface area contributed by atoms with E-state index in [-0.39, 0.29) is 0 Å². The zero-order chi connectivity index (χ0) is 11.4. The van der Waals surface area contributed by atoms with Gasteiger partial charge in [0, 0.05) is 17.6 Å². The highest BCUT2D eigenvalue weighted by Crippen LogP contribution is 2.18. The van der Waals surface area contributed by atoms with Gasteiger partial charge in [-0.3, -0.25) is 4.98 Å². The van der Waals surface area contributed by atoms with E-state index in [9.17, 15) is 0 Å². The van der Waals surface area contributed by atoms with Gasteiger partial charge in [-0.05, 0) is 30.7 Å². The quantitative estimate of drug-likeness (QED) is 0.880. The van der Waals surface area contributed by atoms with Crippen molar-refractivity contribution in [1.82, 2.24) is 4.98 Å². The largest absolute Gasteiger partial charge is 0.379 e. The van der Waals surface area contributed by atoms with E-state index in [1.807, 2.05) is 31.3 Å². The predicted molar refractivity (Wildman–Crippen MR) is 65.3 cm³/mol. The minimum Gasteiger partial charge on any atom is -0.379 e. The van der Waals surface area contributed by atoms with Crippen molar-refractivity contribution in [3.8, 4) is 6.07 Å². The average Bonchev–Trinajstić information content (AvgIpc) is 2.76. The maximum absolute atomic E-state index is 8.71. The van der Waals surface area contributed by atoms with Gasteiger partial charge in [0.15, 0.2) is 0 Å². The molecule has 0 aliphatic rings. The topological polar surface area (TPSA) is 48.7 Å². The molecule has 0 saturated carbocycles. The van der Waals surface area contributed by atoms with Crippen LogP contribution in [0.25, 0.3) is 0 Å². The van der Waals surface area contributed by atoms with Crippen molar-refractivity contribution in [3.05, 3.63) is 45.9 Å². The molecule has 2 aromatic heterocycles. The van der Waals surface area contributed by atoms with Crippen molar-refractivity contribution in [1.29, 1.82) is 5.26 Å². The molecule has 0 unspecified atom stereocenters. The molecule has 0 spiro atoms. The number of nitrogens with zero attached hydrogens (tertiary/aromatic N) is 2. The van der Waals surface area contributed by atoms with Crippen LogP contribution >= 0.6 is 11.3 Å². The second-order valence-corrected chi connectivity index (χ2v) is 4.59. The summed E-state index contributed by atoms with van der Waals surface area (Å²) in [4.78, 5) is 5.97. The normalized spacial score (nSPS) is 9.75. The lowest BCUT2D eigenvalue weighted by atomic mass is 10.2. The summed E-state index contributed by atoms with van der Waals surface area (Å²) in [7, 11) is 0. The van der Waals surface area contributed by atoms with Crippen LogP contribution in [-0.4, -0.2) is 4.98 Å². The fraction of sp³-hybridized carbons (Fsp3) is 0.167. The monoisotopic (exact) mass is 229 g/mol. The van der Waals surface area contributed by atoms with Crippen molar-refractivity contribution in [2.75, 3.05) is 5.32 Å². The molecule has 1 N–H and O–H groups in total. The van der Waals surface area contributed by atoms with E-state index in [1.54, 1.807) is 6.20 Å². The highest BCUT2D eigenvalue weighted by atomic mass is 32.1. The molecule has 2 rings (SSSR count). The van der Waals surface area contributed by atoms with Gasteiger partial charge in [0.1, 0.15) is 10.9 Å². The van der Waals surface area contributed by atoms with Crippen LogP contribution in [0.5, 0.6) is 0 Å². The lowest BCUT2D eigenvalue weighted by Crippen LogP contribution is -1.99. The number of rotatable bonds is 3. The summed E-state index contributed by atoms with van der Waals surface area (Å²) in [5.74, 6) is 0. The number of anilines is 1. The molecule has 16 heavy (non-hydrogen) atoms. The molecule has 0 amide bonds. The zero-order valence-corrected chi connectivity index (χ0v) is 9.71. The van der Waals surface area contributed by atoms with Crippen LogP contribution in [-0.2, 0) is 6.54 Å². The molecule has 0 radical (unpaired) electrons. The SMILES string of the molecule is Cc1ccncc1NCc1ccc(C#N)s1. The Morgan fingerprint density at radius 1 is 1.44 bits per heavy atom. The van der Waals surface area contributed by atoms with Crippen molar-refractivity contribution in [3.63, 3.8) is 0 Å². The van der Waals surface area contributed by atoms with Crippen molar-refractivity contribution in [2.24, 2.45) is 0 Å². The van der Waals surface area contributed by atoms with Crippen LogP contribution in [0.4, 0.5) is 5.69 Å². The van der Waals surface area contributed by atoms with Crippen LogP contribution in [0, 0.1) is 18.3 Å². The Bertz CT molecular complexity index is 525. The van der Waals surface area contributed by atoms with Crippen LogP contribution < -0.4 is 5.32 Å². The van der Waals surface area contributed by atoms with E-state index in [1.165, 1.54) is 16.9 Å². The Morgan fingerprint density at radius 2 is 2.31 bits per heavy atom. The third kappa shape index (κ3) is 2.38. The lowest BCUT2D eigenvalue weighted by molar-refractivity contribution is 1.16. The van der Waals surface area contributed by atoms with E-state index in [0.717, 1.165) is 22.0 Å². The van der Waals surface area contributed by atoms with Gasteiger partial charge >= 0.3 is 0 Å². The van der Waals surface area contributed by atoms with E-state index >= 15 is 0 Å². The Hall–Kier alpha value is -1.86. The van der Waals surface area contributed by atoms with Gasteiger partial charge in [0.2, 0.25) is 0 Å². The Kier molecular flexibility index (Phi) is 3.18. The first kappa shape index (κ1) is 10.7. The van der Waals surface area contributed by atoms with Crippen LogP contribution in [0.15, 0.2) is 30.6 Å². The molecule has 80 valence electrons. The van der Waals surface area contributed by atoms with E-state index < -0.39 is 0 Å². The fourth-order valence-corrected chi connectivity index (χ4v) is 2.11. The number of nitrogens with one attached hydrogen (secondary N) is 1. The molecule has 2 heterocycles. The molecular weight excluding hydrogens is 218 g/mol. The number of hydrogen-bond donors (Lipinski definition) is 1. The minimum atomic E-state index is 0.735. The smallest absolute Gasteiger partial charge is 0.110 e. The van der Waals surface area contributed by atoms with Gasteiger partial charge in [0.05, 0.1) is 11.9 Å². The summed E-state index contributed by atoms with van der Waals surface area (Å²) in [6, 6.07) is 7.92. The second-order valence-electron chi connectivity index (χ2n) is 3.42. The molecule has 0 bridgehead atoms. The molecule has 2 aromatic rings. The van der Waals surface area contributed by atoms with E-state index in [2.05, 4.69) is 16.4 Å². The van der Waals surface area contributed by atoms with Crippen molar-refractivity contribution in [2.45, 2.75) is 13.5 Å². The summed E-state index contributed by atoms with van der Waals surface area (Å²) < 4.78 is 0. The molecule has 0 aromatic carbocycles. The number of aromatic nitrogens is 1. The van der Waals surface area contributed by atoms with Gasteiger partial charge in [0.25, 0.3) is 0 Å². The summed E-state index contributed by atoms with van der Waals surface area (Å²) >= 11 is 1.51. The van der Waals surface area contributed by atoms with Crippen molar-refractivity contribution >= 4 is 17.0 Å². The predicted octanol–water partition coefficient (Wildman–Crippen LogP) is 2.94. The summed E-state index contributed by atoms with van der Waals surface area (Å²) in [5, 5.41) is 12.0. The average molecular weight is 229 g/mol. The molecule has 0 saturated heterocycles. The third-order valence-electron chi connectivity index (χ3n) is 2.26. The molecule has 3 nitrogen and oxygen atoms in total. The van der Waals surface area contributed by atoms with Gasteiger partial charge in [-0.1, -0.05) is 0 Å². The Labute approximate surface area is 98.4 Å². The van der Waals surface area contributed by atoms with Gasteiger partial charge in [-0.15, -0.1) is 11.3 Å². The standard InChI is InChI=1S/C12H11N3S/c1-9-4-5-14-8-12(9)15-7-11-3-2-10(6-13)16-11/h2-5,8,15H,7H2,1H3. The molecule has 0 fully saturated rings. The first-order chi connectivity index (χ1) is 7.79. The van der Waals surface area contributed by atoms with Crippen LogP contribution in [0.2, 0.25) is 0 Å². The summed E-state index contributed by atoms with van der Waals surface area (Å²) in [6.07, 6.45) is 3.59. The first-order valence-corrected chi connectivity index (χ1v) is 5.74. The molecular formula is C12H11N3S. The number of nitriles is 1. The van der Waals surface area contributed by atoms with Crippen LogP contribution in [0.1, 0.15) is 15.3 Å². The van der Waals surface area contributed by atoms with Crippen LogP contribution in [0.3, 0.4) is 0 Å². The maximum atomic E-state index is 8.71. The fourth-order valence-electron chi connectivity index (χ4n) is 1.36. The molecule has 4 heteroatoms. The molecule has 0 aliphatic carbocycles. The van der Waals surface area contributed by atoms with Gasteiger partial charge in [-0.25, -0.2) is 0 Å². The first-order valence-electron chi connectivity index (χ1n) is 4.93. The second kappa shape index (κ2) is 4.77. The minimum absolute atomic E-state index is 0.735. The van der Waals surface area contributed by atoms with Gasteiger partial charge < -0.3 is 5.32 Å². The van der Waals surface area contributed by atoms with E-state index in [4.69, 9.17) is 5.26 Å². The van der Waals surface area contributed by atoms with Gasteiger partial charge in [-0.2, -0.15) is 5.26 Å². The number of aryl methyl sites for hydroxylation is 1. The number of pyridine rings is 1.